The average Bonchev–Trinajstić information content (AvgIpc) is 2.00. The van der Waals surface area contributed by atoms with Gasteiger partial charge in [0.2, 0.25) is 10.0 Å². The molecular weight excluding hydrogens is 202 g/mol. The summed E-state index contributed by atoms with van der Waals surface area (Å²) in [6, 6.07) is 0. The summed E-state index contributed by atoms with van der Waals surface area (Å²) < 4.78 is 27.0. The van der Waals surface area contributed by atoms with E-state index in [2.05, 4.69) is 0 Å². The highest BCUT2D eigenvalue weighted by Gasteiger charge is 2.45. The fraction of sp³-hybridized carbons (Fsp3) is 1.00. The zero-order chi connectivity index (χ0) is 10.2. The van der Waals surface area contributed by atoms with E-state index in [4.69, 9.17) is 9.88 Å². The number of sulfonamides is 1. The molecule has 0 aromatic heterocycles. The Hall–Kier alpha value is -0.130. The van der Waals surface area contributed by atoms with Crippen molar-refractivity contribution in [3.8, 4) is 0 Å². The molecule has 0 radical (unpaired) electrons. The molecule has 0 atom stereocenters. The fourth-order valence-electron chi connectivity index (χ4n) is 2.82. The zero-order valence-corrected chi connectivity index (χ0v) is 9.05. The highest BCUT2D eigenvalue weighted by Crippen LogP contribution is 2.52. The summed E-state index contributed by atoms with van der Waals surface area (Å²) in [7, 11) is -3.27. The van der Waals surface area contributed by atoms with Gasteiger partial charge in [-0.15, -0.1) is 0 Å². The summed E-state index contributed by atoms with van der Waals surface area (Å²) in [5.74, 6) is 0.457. The molecule has 2 rings (SSSR count). The first kappa shape index (κ1) is 10.4. The molecule has 0 aromatic carbocycles. The van der Waals surface area contributed by atoms with Crippen molar-refractivity contribution >= 4 is 10.0 Å². The van der Waals surface area contributed by atoms with Gasteiger partial charge in [-0.05, 0) is 37.0 Å². The predicted octanol–water partition coefficient (Wildman–Crippen LogP) is 0.482. The minimum absolute atomic E-state index is 0.162. The van der Waals surface area contributed by atoms with E-state index in [0.29, 0.717) is 11.3 Å². The Bertz CT molecular complexity index is 298. The van der Waals surface area contributed by atoms with Crippen LogP contribution >= 0.6 is 0 Å². The van der Waals surface area contributed by atoms with Crippen LogP contribution in [0, 0.1) is 11.3 Å². The highest BCUT2D eigenvalue weighted by molar-refractivity contribution is 7.89. The Morgan fingerprint density at radius 3 is 2.36 bits per heavy atom. The first-order valence-corrected chi connectivity index (χ1v) is 6.79. The lowest BCUT2D eigenvalue weighted by molar-refractivity contribution is -0.0530. The minimum Gasteiger partial charge on any atom is -0.381 e. The van der Waals surface area contributed by atoms with Gasteiger partial charge in [-0.1, -0.05) is 0 Å². The normalized spacial score (nSPS) is 27.5. The maximum Gasteiger partial charge on any atom is 0.209 e. The topological polar surface area (TPSA) is 69.4 Å². The molecular formula is C9H17NO3S. The maximum atomic E-state index is 10.9. The molecule has 1 aliphatic heterocycles. The molecule has 1 spiro atoms. The lowest BCUT2D eigenvalue weighted by Gasteiger charge is -2.49. The molecule has 14 heavy (non-hydrogen) atoms. The smallest absolute Gasteiger partial charge is 0.209 e. The van der Waals surface area contributed by atoms with Crippen molar-refractivity contribution < 1.29 is 13.2 Å². The Kier molecular flexibility index (Phi) is 2.57. The second kappa shape index (κ2) is 3.47. The van der Waals surface area contributed by atoms with E-state index in [1.807, 2.05) is 0 Å². The molecule has 0 bridgehead atoms. The van der Waals surface area contributed by atoms with Crippen LogP contribution in [0.3, 0.4) is 0 Å². The average molecular weight is 219 g/mol. The number of primary sulfonamides is 1. The van der Waals surface area contributed by atoms with Crippen molar-refractivity contribution in [2.24, 2.45) is 16.5 Å². The molecule has 0 unspecified atom stereocenters. The van der Waals surface area contributed by atoms with Crippen LogP contribution in [0.15, 0.2) is 0 Å². The molecule has 2 aliphatic rings. The van der Waals surface area contributed by atoms with Crippen LogP contribution in [0.5, 0.6) is 0 Å². The summed E-state index contributed by atoms with van der Waals surface area (Å²) >= 11 is 0. The van der Waals surface area contributed by atoms with Crippen molar-refractivity contribution in [1.82, 2.24) is 0 Å². The third kappa shape index (κ3) is 2.27. The molecule has 82 valence electrons. The van der Waals surface area contributed by atoms with Crippen molar-refractivity contribution in [1.29, 1.82) is 0 Å². The Balaban J connectivity index is 1.83. The number of hydrogen-bond donors (Lipinski definition) is 1. The van der Waals surface area contributed by atoms with Gasteiger partial charge < -0.3 is 4.74 Å². The van der Waals surface area contributed by atoms with Crippen LogP contribution < -0.4 is 5.14 Å². The van der Waals surface area contributed by atoms with Crippen molar-refractivity contribution in [3.63, 3.8) is 0 Å². The van der Waals surface area contributed by atoms with E-state index in [0.717, 1.165) is 38.9 Å². The fourth-order valence-corrected chi connectivity index (χ4v) is 3.72. The third-order valence-corrected chi connectivity index (χ3v) is 4.40. The van der Waals surface area contributed by atoms with Crippen molar-refractivity contribution in [2.75, 3.05) is 19.0 Å². The molecule has 2 fully saturated rings. The SMILES string of the molecule is NS(=O)(=O)CC1CC2(CCOCC2)C1. The van der Waals surface area contributed by atoms with Gasteiger partial charge in [-0.25, -0.2) is 13.6 Å². The number of hydrogen-bond acceptors (Lipinski definition) is 3. The number of rotatable bonds is 2. The lowest BCUT2D eigenvalue weighted by atomic mass is 9.59. The minimum atomic E-state index is -3.27. The van der Waals surface area contributed by atoms with Crippen molar-refractivity contribution in [2.45, 2.75) is 25.7 Å². The zero-order valence-electron chi connectivity index (χ0n) is 8.24. The van der Waals surface area contributed by atoms with E-state index >= 15 is 0 Å². The largest absolute Gasteiger partial charge is 0.381 e. The molecule has 0 aromatic rings. The Labute approximate surface area is 84.9 Å². The second-order valence-electron chi connectivity index (χ2n) is 4.72. The number of ether oxygens (including phenoxy) is 1. The lowest BCUT2D eigenvalue weighted by Crippen LogP contribution is -2.44. The van der Waals surface area contributed by atoms with Gasteiger partial charge in [0.25, 0.3) is 0 Å². The van der Waals surface area contributed by atoms with E-state index < -0.39 is 10.0 Å². The summed E-state index contributed by atoms with van der Waals surface area (Å²) in [6.45, 7) is 1.67. The van der Waals surface area contributed by atoms with Gasteiger partial charge in [-0.3, -0.25) is 0 Å². The van der Waals surface area contributed by atoms with Gasteiger partial charge in [0.05, 0.1) is 5.75 Å². The van der Waals surface area contributed by atoms with Gasteiger partial charge in [0.1, 0.15) is 0 Å². The van der Waals surface area contributed by atoms with E-state index in [9.17, 15) is 8.42 Å². The summed E-state index contributed by atoms with van der Waals surface area (Å²) in [5, 5.41) is 5.01. The summed E-state index contributed by atoms with van der Waals surface area (Å²) in [6.07, 6.45) is 4.22. The third-order valence-electron chi connectivity index (χ3n) is 3.46. The first-order valence-electron chi connectivity index (χ1n) is 5.07. The standard InChI is InChI=1S/C9H17NO3S/c10-14(11,12)7-8-5-9(6-8)1-3-13-4-2-9/h8H,1-7H2,(H2,10,11,12). The summed E-state index contributed by atoms with van der Waals surface area (Å²) in [4.78, 5) is 0. The molecule has 0 amide bonds. The molecule has 1 aliphatic carbocycles. The molecule has 1 heterocycles. The highest BCUT2D eigenvalue weighted by atomic mass is 32.2. The van der Waals surface area contributed by atoms with E-state index in [-0.39, 0.29) is 5.75 Å². The first-order chi connectivity index (χ1) is 6.49. The molecule has 1 saturated heterocycles. The van der Waals surface area contributed by atoms with Gasteiger partial charge in [0, 0.05) is 13.2 Å². The van der Waals surface area contributed by atoms with Crippen LogP contribution in [0.4, 0.5) is 0 Å². The van der Waals surface area contributed by atoms with E-state index in [1.165, 1.54) is 0 Å². The Morgan fingerprint density at radius 1 is 1.29 bits per heavy atom. The second-order valence-corrected chi connectivity index (χ2v) is 6.38. The Morgan fingerprint density at radius 2 is 1.86 bits per heavy atom. The predicted molar refractivity (Wildman–Crippen MR) is 53.2 cm³/mol. The molecule has 4 nitrogen and oxygen atoms in total. The quantitative estimate of drug-likeness (QED) is 0.734. The molecule has 2 N–H and O–H groups in total. The van der Waals surface area contributed by atoms with Crippen LogP contribution in [0.2, 0.25) is 0 Å². The number of nitrogens with two attached hydrogens (primary N) is 1. The van der Waals surface area contributed by atoms with Crippen LogP contribution in [0.1, 0.15) is 25.7 Å². The van der Waals surface area contributed by atoms with Gasteiger partial charge >= 0.3 is 0 Å². The van der Waals surface area contributed by atoms with Crippen LogP contribution in [-0.2, 0) is 14.8 Å². The molecule has 1 saturated carbocycles. The summed E-state index contributed by atoms with van der Waals surface area (Å²) in [5.41, 5.74) is 0.396. The van der Waals surface area contributed by atoms with Crippen LogP contribution in [0.25, 0.3) is 0 Å². The van der Waals surface area contributed by atoms with E-state index in [1.54, 1.807) is 0 Å². The maximum absolute atomic E-state index is 10.9. The van der Waals surface area contributed by atoms with Crippen LogP contribution in [-0.4, -0.2) is 27.4 Å². The van der Waals surface area contributed by atoms with Crippen molar-refractivity contribution in [3.05, 3.63) is 0 Å². The monoisotopic (exact) mass is 219 g/mol. The van der Waals surface area contributed by atoms with Gasteiger partial charge in [0.15, 0.2) is 0 Å². The molecule has 5 heteroatoms. The van der Waals surface area contributed by atoms with Gasteiger partial charge in [-0.2, -0.15) is 0 Å².